The molecule has 0 saturated heterocycles. The molecule has 1 aromatic carbocycles. The van der Waals surface area contributed by atoms with Crippen molar-refractivity contribution < 1.29 is 8.42 Å². The van der Waals surface area contributed by atoms with Crippen LogP contribution in [0.15, 0.2) is 70.8 Å². The van der Waals surface area contributed by atoms with Crippen molar-refractivity contribution >= 4 is 15.4 Å². The fourth-order valence-electron chi connectivity index (χ4n) is 3.88. The Morgan fingerprint density at radius 1 is 1.03 bits per heavy atom. The first-order valence-corrected chi connectivity index (χ1v) is 13.5. The molecule has 3 nitrogen and oxygen atoms in total. The van der Waals surface area contributed by atoms with Crippen molar-refractivity contribution in [3.05, 3.63) is 77.2 Å². The summed E-state index contributed by atoms with van der Waals surface area (Å²) >= 11 is 0. The molecular formula is C28H37NO2S. The van der Waals surface area contributed by atoms with Crippen molar-refractivity contribution in [2.24, 2.45) is 0 Å². The third-order valence-corrected chi connectivity index (χ3v) is 6.84. The number of aromatic nitrogens is 1. The average molecular weight is 452 g/mol. The van der Waals surface area contributed by atoms with Gasteiger partial charge in [0.05, 0.1) is 10.6 Å². The van der Waals surface area contributed by atoms with Gasteiger partial charge in [-0.25, -0.2) is 8.42 Å². The summed E-state index contributed by atoms with van der Waals surface area (Å²) < 4.78 is 24.1. The Labute approximate surface area is 194 Å². The second-order valence-electron chi connectivity index (χ2n) is 8.13. The second-order valence-corrected chi connectivity index (χ2v) is 10.1. The molecule has 0 bridgehead atoms. The van der Waals surface area contributed by atoms with Crippen LogP contribution in [0.2, 0.25) is 0 Å². The van der Waals surface area contributed by atoms with Crippen LogP contribution in [0.4, 0.5) is 0 Å². The SMILES string of the molecule is CC/C=C(/C(=C/C=C(CC)CC)CCC)c1nccc(-c2cccc(S(C)(=O)=O)c2)c1C. The number of nitrogens with zero attached hydrogens (tertiary/aromatic N) is 1. The number of hydrogen-bond donors (Lipinski definition) is 0. The number of sulfone groups is 1. The Kier molecular flexibility index (Phi) is 9.64. The molecule has 0 fully saturated rings. The lowest BCUT2D eigenvalue weighted by molar-refractivity contribution is 0.602. The van der Waals surface area contributed by atoms with Crippen LogP contribution in [0.3, 0.4) is 0 Å². The van der Waals surface area contributed by atoms with Gasteiger partial charge in [-0.3, -0.25) is 4.98 Å². The molecule has 0 spiro atoms. The molecule has 0 N–H and O–H groups in total. The molecule has 0 unspecified atom stereocenters. The molecule has 0 aliphatic heterocycles. The molecule has 4 heteroatoms. The smallest absolute Gasteiger partial charge is 0.175 e. The summed E-state index contributed by atoms with van der Waals surface area (Å²) in [5.41, 5.74) is 7.85. The van der Waals surface area contributed by atoms with Crippen molar-refractivity contribution in [3.63, 3.8) is 0 Å². The zero-order chi connectivity index (χ0) is 23.7. The minimum absolute atomic E-state index is 0.334. The zero-order valence-corrected chi connectivity index (χ0v) is 21.2. The standard InChI is InChI=1S/C28H37NO2S/c1-7-12-23(17-16-22(9-3)10-4)27(13-8-2)28-21(5)26(18-19-29-28)24-14-11-15-25(20-24)32(6,30)31/h11,13-20H,7-10,12H2,1-6H3/b23-17+,27-13-. The topological polar surface area (TPSA) is 47.0 Å². The summed E-state index contributed by atoms with van der Waals surface area (Å²) in [5, 5.41) is 0. The molecule has 0 aliphatic carbocycles. The van der Waals surface area contributed by atoms with Crippen molar-refractivity contribution in [1.82, 2.24) is 4.98 Å². The zero-order valence-electron chi connectivity index (χ0n) is 20.4. The van der Waals surface area contributed by atoms with Crippen molar-refractivity contribution in [2.45, 2.75) is 71.6 Å². The van der Waals surface area contributed by atoms with Crippen LogP contribution < -0.4 is 0 Å². The van der Waals surface area contributed by atoms with Gasteiger partial charge in [-0.1, -0.05) is 70.0 Å². The predicted octanol–water partition coefficient (Wildman–Crippen LogP) is 7.73. The van der Waals surface area contributed by atoms with Crippen LogP contribution in [0.5, 0.6) is 0 Å². The highest BCUT2D eigenvalue weighted by Gasteiger charge is 2.16. The van der Waals surface area contributed by atoms with E-state index in [1.807, 2.05) is 18.3 Å². The lowest BCUT2D eigenvalue weighted by atomic mass is 9.91. The second kappa shape index (κ2) is 12.0. The predicted molar refractivity (Wildman–Crippen MR) is 137 cm³/mol. The summed E-state index contributed by atoms with van der Waals surface area (Å²) in [4.78, 5) is 5.11. The molecule has 1 aromatic heterocycles. The van der Waals surface area contributed by atoms with Gasteiger partial charge in [0.15, 0.2) is 9.84 Å². The van der Waals surface area contributed by atoms with E-state index in [4.69, 9.17) is 4.98 Å². The molecule has 0 atom stereocenters. The summed E-state index contributed by atoms with van der Waals surface area (Å²) in [6.07, 6.45) is 15.0. The lowest BCUT2D eigenvalue weighted by Crippen LogP contribution is -2.01. The van der Waals surface area contributed by atoms with E-state index >= 15 is 0 Å². The van der Waals surface area contributed by atoms with Gasteiger partial charge < -0.3 is 0 Å². The van der Waals surface area contributed by atoms with E-state index in [0.29, 0.717) is 4.90 Å². The Balaban J connectivity index is 2.65. The highest BCUT2D eigenvalue weighted by atomic mass is 32.2. The summed E-state index contributed by atoms with van der Waals surface area (Å²) in [6, 6.07) is 9.14. The summed E-state index contributed by atoms with van der Waals surface area (Å²) in [6.45, 7) is 10.8. The highest BCUT2D eigenvalue weighted by molar-refractivity contribution is 7.90. The third-order valence-electron chi connectivity index (χ3n) is 5.73. The molecule has 32 heavy (non-hydrogen) atoms. The van der Waals surface area contributed by atoms with Crippen molar-refractivity contribution in [2.75, 3.05) is 6.26 Å². The van der Waals surface area contributed by atoms with E-state index in [0.717, 1.165) is 54.5 Å². The number of benzene rings is 1. The number of pyridine rings is 1. The molecular weight excluding hydrogens is 414 g/mol. The van der Waals surface area contributed by atoms with Crippen LogP contribution in [0.1, 0.15) is 71.1 Å². The first-order valence-electron chi connectivity index (χ1n) is 11.6. The van der Waals surface area contributed by atoms with E-state index in [2.05, 4.69) is 52.8 Å². The maximum atomic E-state index is 12.1. The quantitative estimate of drug-likeness (QED) is 0.347. The fourth-order valence-corrected chi connectivity index (χ4v) is 4.55. The lowest BCUT2D eigenvalue weighted by Gasteiger charge is -2.17. The molecule has 1 heterocycles. The van der Waals surface area contributed by atoms with Crippen molar-refractivity contribution in [3.8, 4) is 11.1 Å². The first kappa shape index (κ1) is 25.8. The first-order chi connectivity index (χ1) is 15.3. The molecule has 172 valence electrons. The summed E-state index contributed by atoms with van der Waals surface area (Å²) in [7, 11) is -3.27. The summed E-state index contributed by atoms with van der Waals surface area (Å²) in [5.74, 6) is 0. The van der Waals surface area contributed by atoms with Gasteiger partial charge in [0.25, 0.3) is 0 Å². The highest BCUT2D eigenvalue weighted by Crippen LogP contribution is 2.33. The van der Waals surface area contributed by atoms with Gasteiger partial charge in [0.2, 0.25) is 0 Å². The van der Waals surface area contributed by atoms with E-state index in [-0.39, 0.29) is 0 Å². The van der Waals surface area contributed by atoms with Crippen LogP contribution in [-0.2, 0) is 9.84 Å². The van der Waals surface area contributed by atoms with E-state index in [9.17, 15) is 8.42 Å². The van der Waals surface area contributed by atoms with Gasteiger partial charge in [-0.15, -0.1) is 0 Å². The Bertz CT molecular complexity index is 1120. The molecule has 0 aliphatic rings. The van der Waals surface area contributed by atoms with Crippen LogP contribution in [-0.4, -0.2) is 19.7 Å². The molecule has 0 saturated carbocycles. The maximum Gasteiger partial charge on any atom is 0.175 e. The maximum absolute atomic E-state index is 12.1. The minimum atomic E-state index is -3.27. The van der Waals surface area contributed by atoms with Gasteiger partial charge in [0, 0.05) is 12.5 Å². The van der Waals surface area contributed by atoms with E-state index in [1.165, 1.54) is 23.0 Å². The van der Waals surface area contributed by atoms with E-state index in [1.54, 1.807) is 18.2 Å². The monoisotopic (exact) mass is 451 g/mol. The Morgan fingerprint density at radius 3 is 2.34 bits per heavy atom. The van der Waals surface area contributed by atoms with Crippen LogP contribution >= 0.6 is 0 Å². The fraction of sp³-hybridized carbons (Fsp3) is 0.393. The molecule has 0 radical (unpaired) electrons. The van der Waals surface area contributed by atoms with Gasteiger partial charge in [-0.05, 0) is 78.6 Å². The molecule has 2 rings (SSSR count). The number of hydrogen-bond acceptors (Lipinski definition) is 3. The number of allylic oxidation sites excluding steroid dienone is 6. The van der Waals surface area contributed by atoms with E-state index < -0.39 is 9.84 Å². The molecule has 0 amide bonds. The number of rotatable bonds is 10. The van der Waals surface area contributed by atoms with Crippen LogP contribution in [0.25, 0.3) is 16.7 Å². The van der Waals surface area contributed by atoms with Gasteiger partial charge >= 0.3 is 0 Å². The molecule has 2 aromatic rings. The van der Waals surface area contributed by atoms with Crippen molar-refractivity contribution in [1.29, 1.82) is 0 Å². The normalized spacial score (nSPS) is 12.7. The Morgan fingerprint density at radius 2 is 1.75 bits per heavy atom. The van der Waals surface area contributed by atoms with Crippen LogP contribution in [0, 0.1) is 6.92 Å². The largest absolute Gasteiger partial charge is 0.256 e. The minimum Gasteiger partial charge on any atom is -0.256 e. The van der Waals surface area contributed by atoms with Gasteiger partial charge in [-0.2, -0.15) is 0 Å². The average Bonchev–Trinajstić information content (AvgIpc) is 2.77. The third kappa shape index (κ3) is 6.52. The van der Waals surface area contributed by atoms with Gasteiger partial charge in [0.1, 0.15) is 0 Å². The Hall–Kier alpha value is -2.46.